The van der Waals surface area contributed by atoms with E-state index in [2.05, 4.69) is 6.92 Å². The zero-order valence-corrected chi connectivity index (χ0v) is 5.00. The topological polar surface area (TPSA) is 26.0 Å². The summed E-state index contributed by atoms with van der Waals surface area (Å²) in [7, 11) is 0. The van der Waals surface area contributed by atoms with Crippen LogP contribution in [-0.2, 0) is 16.5 Å². The first-order valence-corrected chi connectivity index (χ1v) is 2.12. The van der Waals surface area contributed by atoms with Crippen molar-refractivity contribution in [2.45, 2.75) is 19.8 Å². The van der Waals surface area contributed by atoms with Crippen molar-refractivity contribution in [2.75, 3.05) is 6.54 Å². The molecule has 41 valence electrons. The smallest absolute Gasteiger partial charge is 0.330 e. The second-order valence-electron chi connectivity index (χ2n) is 1.14. The van der Waals surface area contributed by atoms with E-state index in [1.807, 2.05) is 0 Å². The number of nitrogens with two attached hydrogens (primary N) is 1. The first kappa shape index (κ1) is 9.68. The van der Waals surface area contributed by atoms with Crippen LogP contribution in [-0.4, -0.2) is 6.54 Å². The predicted octanol–water partition coefficient (Wildman–Crippen LogP) is 0.743. The summed E-state index contributed by atoms with van der Waals surface area (Å²) in [6.07, 6.45) is 2.39. The van der Waals surface area contributed by atoms with Crippen LogP contribution in [0.5, 0.6) is 0 Å². The fourth-order valence-corrected chi connectivity index (χ4v) is 0.204. The van der Waals surface area contributed by atoms with E-state index in [0.717, 1.165) is 6.54 Å². The van der Waals surface area contributed by atoms with Crippen LogP contribution in [0.3, 0.4) is 0 Å². The minimum Gasteiger partial charge on any atom is -0.330 e. The molecule has 0 saturated carbocycles. The Morgan fingerprint density at radius 2 is 2.00 bits per heavy atom. The van der Waals surface area contributed by atoms with Gasteiger partial charge in [-0.25, -0.2) is 0 Å². The Kier molecular flexibility index (Phi) is 14.6. The molecule has 2 N–H and O–H groups in total. The van der Waals surface area contributed by atoms with Gasteiger partial charge in [0, 0.05) is 0 Å². The minimum atomic E-state index is 0. The molecule has 1 radical (unpaired) electrons. The van der Waals surface area contributed by atoms with Crippen molar-refractivity contribution in [3.05, 3.63) is 0 Å². The summed E-state index contributed by atoms with van der Waals surface area (Å²) in [5, 5.41) is 0. The summed E-state index contributed by atoms with van der Waals surface area (Å²) in [6.45, 7) is 2.98. The van der Waals surface area contributed by atoms with E-state index >= 15 is 0 Å². The molecule has 0 aliphatic heterocycles. The summed E-state index contributed by atoms with van der Waals surface area (Å²) < 4.78 is 0. The van der Waals surface area contributed by atoms with Crippen LogP contribution in [0.15, 0.2) is 0 Å². The van der Waals surface area contributed by atoms with E-state index < -0.39 is 0 Å². The van der Waals surface area contributed by atoms with Gasteiger partial charge in [-0.2, -0.15) is 0 Å². The SMILES string of the molecule is CCCCN.[Ni+]. The van der Waals surface area contributed by atoms with Gasteiger partial charge >= 0.3 is 16.5 Å². The fraction of sp³-hybridized carbons (Fsp3) is 1.00. The van der Waals surface area contributed by atoms with Crippen molar-refractivity contribution in [1.29, 1.82) is 0 Å². The molecular weight excluding hydrogens is 121 g/mol. The van der Waals surface area contributed by atoms with Crippen LogP contribution >= 0.6 is 0 Å². The van der Waals surface area contributed by atoms with Crippen LogP contribution in [0, 0.1) is 0 Å². The van der Waals surface area contributed by atoms with Gasteiger partial charge in [0.15, 0.2) is 0 Å². The number of rotatable bonds is 2. The van der Waals surface area contributed by atoms with Gasteiger partial charge in [-0.15, -0.1) is 0 Å². The van der Waals surface area contributed by atoms with Gasteiger partial charge in [-0.1, -0.05) is 13.3 Å². The van der Waals surface area contributed by atoms with Gasteiger partial charge in [-0.3, -0.25) is 0 Å². The van der Waals surface area contributed by atoms with Crippen molar-refractivity contribution >= 4 is 0 Å². The van der Waals surface area contributed by atoms with Crippen molar-refractivity contribution in [3.63, 3.8) is 0 Å². The van der Waals surface area contributed by atoms with Gasteiger partial charge in [0.25, 0.3) is 0 Å². The first-order chi connectivity index (χ1) is 2.41. The summed E-state index contributed by atoms with van der Waals surface area (Å²) >= 11 is 0. The maximum absolute atomic E-state index is 5.14. The van der Waals surface area contributed by atoms with Crippen molar-refractivity contribution in [3.8, 4) is 0 Å². The number of hydrogen-bond acceptors (Lipinski definition) is 1. The third kappa shape index (κ3) is 8.82. The molecule has 0 amide bonds. The molecule has 0 fully saturated rings. The Balaban J connectivity index is 0. The maximum atomic E-state index is 5.14. The van der Waals surface area contributed by atoms with E-state index in [9.17, 15) is 0 Å². The van der Waals surface area contributed by atoms with E-state index in [0.29, 0.717) is 0 Å². The summed E-state index contributed by atoms with van der Waals surface area (Å²) in [5.41, 5.74) is 5.14. The zero-order chi connectivity index (χ0) is 4.12. The molecule has 0 saturated heterocycles. The quantitative estimate of drug-likeness (QED) is 0.550. The fourth-order valence-electron chi connectivity index (χ4n) is 0.204. The molecule has 0 bridgehead atoms. The molecule has 2 heteroatoms. The third-order valence-corrected chi connectivity index (χ3v) is 0.558. The molecular formula is C4H11NNi+. The molecule has 0 aliphatic carbocycles. The average molecular weight is 132 g/mol. The molecule has 0 aliphatic rings. The third-order valence-electron chi connectivity index (χ3n) is 0.558. The van der Waals surface area contributed by atoms with Crippen LogP contribution in [0.1, 0.15) is 19.8 Å². The molecule has 0 spiro atoms. The Hall–Kier alpha value is 0.454. The second-order valence-corrected chi connectivity index (χ2v) is 1.14. The summed E-state index contributed by atoms with van der Waals surface area (Å²) in [5.74, 6) is 0. The zero-order valence-electron chi connectivity index (χ0n) is 4.01. The van der Waals surface area contributed by atoms with Crippen LogP contribution in [0.4, 0.5) is 0 Å². The molecule has 0 unspecified atom stereocenters. The Morgan fingerprint density at radius 1 is 1.50 bits per heavy atom. The van der Waals surface area contributed by atoms with Gasteiger partial charge < -0.3 is 5.73 Å². The number of unbranched alkanes of at least 4 members (excludes halogenated alkanes) is 1. The monoisotopic (exact) mass is 131 g/mol. The van der Waals surface area contributed by atoms with Crippen LogP contribution < -0.4 is 5.73 Å². The predicted molar refractivity (Wildman–Crippen MR) is 24.0 cm³/mol. The molecule has 0 aromatic carbocycles. The van der Waals surface area contributed by atoms with Crippen molar-refractivity contribution in [2.24, 2.45) is 5.73 Å². The number of hydrogen-bond donors (Lipinski definition) is 1. The summed E-state index contributed by atoms with van der Waals surface area (Å²) in [6, 6.07) is 0. The van der Waals surface area contributed by atoms with Crippen molar-refractivity contribution in [1.82, 2.24) is 0 Å². The Bertz CT molecular complexity index is 15.0. The second kappa shape index (κ2) is 9.07. The van der Waals surface area contributed by atoms with Gasteiger partial charge in [0.1, 0.15) is 0 Å². The van der Waals surface area contributed by atoms with E-state index in [4.69, 9.17) is 5.73 Å². The molecule has 0 aromatic rings. The van der Waals surface area contributed by atoms with Gasteiger partial charge in [0.2, 0.25) is 0 Å². The molecule has 6 heavy (non-hydrogen) atoms. The van der Waals surface area contributed by atoms with Crippen LogP contribution in [0.2, 0.25) is 0 Å². The normalized spacial score (nSPS) is 7.00. The standard InChI is InChI=1S/C4H11N.Ni/c1-2-3-4-5;/h2-5H2,1H3;/q;+1. The van der Waals surface area contributed by atoms with Crippen LogP contribution in [0.25, 0.3) is 0 Å². The minimum absolute atomic E-state index is 0. The molecule has 0 rings (SSSR count). The average Bonchev–Trinajstić information content (AvgIpc) is 1.41. The van der Waals surface area contributed by atoms with Gasteiger partial charge in [0.05, 0.1) is 0 Å². The molecule has 1 nitrogen and oxygen atoms in total. The molecule has 0 heterocycles. The van der Waals surface area contributed by atoms with E-state index in [1.54, 1.807) is 0 Å². The van der Waals surface area contributed by atoms with Crippen molar-refractivity contribution < 1.29 is 16.5 Å². The maximum Gasteiger partial charge on any atom is 1.00 e. The summed E-state index contributed by atoms with van der Waals surface area (Å²) in [4.78, 5) is 0. The largest absolute Gasteiger partial charge is 1.00 e. The molecule has 0 aromatic heterocycles. The van der Waals surface area contributed by atoms with Gasteiger partial charge in [-0.05, 0) is 13.0 Å². The Labute approximate surface area is 49.2 Å². The Morgan fingerprint density at radius 3 is 2.00 bits per heavy atom. The first-order valence-electron chi connectivity index (χ1n) is 2.12. The van der Waals surface area contributed by atoms with E-state index in [-0.39, 0.29) is 16.5 Å². The van der Waals surface area contributed by atoms with E-state index in [1.165, 1.54) is 12.8 Å². The molecule has 0 atom stereocenters.